The summed E-state index contributed by atoms with van der Waals surface area (Å²) in [5, 5.41) is 6.28. The number of carbonyl (C=O) groups is 1. The molecule has 8 heteroatoms. The van der Waals surface area contributed by atoms with Crippen LogP contribution in [0.3, 0.4) is 0 Å². The molecule has 1 aliphatic rings. The van der Waals surface area contributed by atoms with Crippen LogP contribution in [0.25, 0.3) is 11.1 Å². The van der Waals surface area contributed by atoms with Gasteiger partial charge in [0.1, 0.15) is 5.75 Å². The van der Waals surface area contributed by atoms with Crippen molar-refractivity contribution >= 4 is 11.6 Å². The standard InChI is InChI=1S/C29H32N2O6/c1-17(32)31-23-11-9-19-14-26(35-3)28(36-4)29(37-5)27(19)21-10-12-24(25(33)15-22(21)23)30-16-18-7-6-8-20(13-18)34-2/h6-8,10,12-15,23H,9,11,16H2,1-5H3,(H,30,33)(H,31,32)/t23-/m1/s1. The summed E-state index contributed by atoms with van der Waals surface area (Å²) >= 11 is 0. The first-order chi connectivity index (χ1) is 17.9. The lowest BCUT2D eigenvalue weighted by molar-refractivity contribution is -0.119. The molecule has 0 aliphatic heterocycles. The molecule has 0 unspecified atom stereocenters. The molecule has 1 aliphatic carbocycles. The van der Waals surface area contributed by atoms with Crippen molar-refractivity contribution < 1.29 is 23.7 Å². The maximum Gasteiger partial charge on any atom is 0.217 e. The molecule has 0 saturated heterocycles. The molecule has 0 fully saturated rings. The summed E-state index contributed by atoms with van der Waals surface area (Å²) < 4.78 is 22.3. The van der Waals surface area contributed by atoms with E-state index in [-0.39, 0.29) is 17.4 Å². The minimum Gasteiger partial charge on any atom is -0.497 e. The first kappa shape index (κ1) is 25.9. The number of carbonyl (C=O) groups excluding carboxylic acids is 1. The number of amides is 1. The van der Waals surface area contributed by atoms with Crippen LogP contribution in [0.1, 0.15) is 36.1 Å². The molecular formula is C29H32N2O6. The predicted molar refractivity (Wildman–Crippen MR) is 143 cm³/mol. The van der Waals surface area contributed by atoms with E-state index in [0.29, 0.717) is 42.3 Å². The number of fused-ring (bicyclic) bond motifs is 3. The maximum atomic E-state index is 13.4. The maximum absolute atomic E-state index is 13.4. The first-order valence-corrected chi connectivity index (χ1v) is 12.0. The lowest BCUT2D eigenvalue weighted by Gasteiger charge is -2.19. The van der Waals surface area contributed by atoms with Crippen LogP contribution in [0.5, 0.6) is 23.0 Å². The van der Waals surface area contributed by atoms with Gasteiger partial charge in [-0.05, 0) is 65.4 Å². The van der Waals surface area contributed by atoms with Gasteiger partial charge >= 0.3 is 0 Å². The average molecular weight is 505 g/mol. The van der Waals surface area contributed by atoms with E-state index in [1.807, 2.05) is 36.4 Å². The summed E-state index contributed by atoms with van der Waals surface area (Å²) in [5.41, 5.74) is 4.55. The molecule has 8 nitrogen and oxygen atoms in total. The Hall–Kier alpha value is -4.20. The second-order valence-corrected chi connectivity index (χ2v) is 8.80. The molecule has 3 aromatic rings. The molecule has 0 aromatic heterocycles. The monoisotopic (exact) mass is 504 g/mol. The lowest BCUT2D eigenvalue weighted by atomic mass is 9.95. The molecule has 0 bridgehead atoms. The third-order valence-corrected chi connectivity index (χ3v) is 6.53. The largest absolute Gasteiger partial charge is 0.497 e. The quantitative estimate of drug-likeness (QED) is 0.467. The van der Waals surface area contributed by atoms with Crippen LogP contribution < -0.4 is 35.0 Å². The van der Waals surface area contributed by atoms with Crippen molar-refractivity contribution in [3.8, 4) is 34.1 Å². The van der Waals surface area contributed by atoms with Crippen LogP contribution >= 0.6 is 0 Å². The Morgan fingerprint density at radius 1 is 0.946 bits per heavy atom. The highest BCUT2D eigenvalue weighted by Gasteiger charge is 2.29. The first-order valence-electron chi connectivity index (χ1n) is 12.0. The molecule has 2 N–H and O–H groups in total. The molecule has 37 heavy (non-hydrogen) atoms. The van der Waals surface area contributed by atoms with Gasteiger partial charge in [-0.15, -0.1) is 0 Å². The van der Waals surface area contributed by atoms with Crippen molar-refractivity contribution in [3.63, 3.8) is 0 Å². The third-order valence-electron chi connectivity index (χ3n) is 6.53. The number of methoxy groups -OCH3 is 4. The van der Waals surface area contributed by atoms with Gasteiger partial charge in [-0.3, -0.25) is 9.59 Å². The Bertz CT molecular complexity index is 1370. The van der Waals surface area contributed by atoms with Crippen molar-refractivity contribution in [2.45, 2.75) is 32.4 Å². The Labute approximate surface area is 216 Å². The number of rotatable bonds is 8. The van der Waals surface area contributed by atoms with Gasteiger partial charge in [-0.2, -0.15) is 0 Å². The summed E-state index contributed by atoms with van der Waals surface area (Å²) in [6, 6.07) is 14.5. The van der Waals surface area contributed by atoms with Crippen LogP contribution in [0.4, 0.5) is 5.69 Å². The highest BCUT2D eigenvalue weighted by atomic mass is 16.5. The SMILES string of the molecule is COc1cccc(CNc2ccc3c(cc2=O)[C@H](NC(C)=O)CCc2cc(OC)c(OC)c(OC)c2-3)c1. The number of aryl methyl sites for hydroxylation is 1. The molecule has 1 amide bonds. The predicted octanol–water partition coefficient (Wildman–Crippen LogP) is 4.48. The van der Waals surface area contributed by atoms with E-state index in [9.17, 15) is 9.59 Å². The molecular weight excluding hydrogens is 472 g/mol. The summed E-state index contributed by atoms with van der Waals surface area (Å²) in [5.74, 6) is 2.13. The Kier molecular flexibility index (Phi) is 7.86. The van der Waals surface area contributed by atoms with Crippen molar-refractivity contribution in [2.75, 3.05) is 33.8 Å². The van der Waals surface area contributed by atoms with E-state index in [2.05, 4.69) is 10.6 Å². The second-order valence-electron chi connectivity index (χ2n) is 8.80. The number of anilines is 1. The van der Waals surface area contributed by atoms with Gasteiger partial charge in [-0.25, -0.2) is 0 Å². The van der Waals surface area contributed by atoms with E-state index in [0.717, 1.165) is 33.6 Å². The fraction of sp³-hybridized carbons (Fsp3) is 0.310. The minimum absolute atomic E-state index is 0.167. The highest BCUT2D eigenvalue weighted by molar-refractivity contribution is 5.83. The fourth-order valence-corrected chi connectivity index (χ4v) is 4.83. The van der Waals surface area contributed by atoms with Crippen LogP contribution in [0.15, 0.2) is 53.3 Å². The smallest absolute Gasteiger partial charge is 0.217 e. The molecule has 0 heterocycles. The second kappa shape index (κ2) is 11.2. The Morgan fingerprint density at radius 2 is 1.73 bits per heavy atom. The zero-order valence-electron chi connectivity index (χ0n) is 21.8. The lowest BCUT2D eigenvalue weighted by Crippen LogP contribution is -2.26. The number of ether oxygens (including phenoxy) is 4. The van der Waals surface area contributed by atoms with Crippen LogP contribution in [0, 0.1) is 0 Å². The summed E-state index contributed by atoms with van der Waals surface area (Å²) in [4.78, 5) is 25.5. The summed E-state index contributed by atoms with van der Waals surface area (Å²) in [6.45, 7) is 1.92. The van der Waals surface area contributed by atoms with Gasteiger partial charge in [0.25, 0.3) is 0 Å². The van der Waals surface area contributed by atoms with E-state index in [4.69, 9.17) is 18.9 Å². The van der Waals surface area contributed by atoms with Gasteiger partial charge in [0.15, 0.2) is 11.5 Å². The molecule has 0 saturated carbocycles. The summed E-state index contributed by atoms with van der Waals surface area (Å²) in [7, 11) is 6.34. The van der Waals surface area contributed by atoms with E-state index in [1.165, 1.54) is 6.92 Å². The molecule has 1 atom stereocenters. The minimum atomic E-state index is -0.354. The van der Waals surface area contributed by atoms with Gasteiger partial charge in [0.05, 0.1) is 40.2 Å². The molecule has 3 aromatic carbocycles. The normalized spacial score (nSPS) is 13.9. The van der Waals surface area contributed by atoms with E-state index >= 15 is 0 Å². The third kappa shape index (κ3) is 5.33. The van der Waals surface area contributed by atoms with Crippen LogP contribution in [0.2, 0.25) is 0 Å². The van der Waals surface area contributed by atoms with Crippen LogP contribution in [-0.2, 0) is 17.8 Å². The van der Waals surface area contributed by atoms with Gasteiger partial charge in [0.2, 0.25) is 17.1 Å². The molecule has 194 valence electrons. The van der Waals surface area contributed by atoms with Gasteiger partial charge in [0, 0.05) is 19.0 Å². The zero-order chi connectivity index (χ0) is 26.5. The average Bonchev–Trinajstić information content (AvgIpc) is 3.14. The number of nitrogens with one attached hydrogen (secondary N) is 2. The van der Waals surface area contributed by atoms with Crippen LogP contribution in [-0.4, -0.2) is 34.3 Å². The fourth-order valence-electron chi connectivity index (χ4n) is 4.83. The summed E-state index contributed by atoms with van der Waals surface area (Å²) in [6.07, 6.45) is 1.25. The molecule has 0 spiro atoms. The Balaban J connectivity index is 1.87. The van der Waals surface area contributed by atoms with Crippen molar-refractivity contribution in [3.05, 3.63) is 75.4 Å². The number of hydrogen-bond acceptors (Lipinski definition) is 7. The van der Waals surface area contributed by atoms with Crippen molar-refractivity contribution in [1.82, 2.24) is 5.32 Å². The molecule has 4 rings (SSSR count). The highest BCUT2D eigenvalue weighted by Crippen LogP contribution is 2.50. The molecule has 0 radical (unpaired) electrons. The number of benzene rings is 2. The Morgan fingerprint density at radius 3 is 2.41 bits per heavy atom. The number of hydrogen-bond donors (Lipinski definition) is 2. The van der Waals surface area contributed by atoms with E-state index < -0.39 is 0 Å². The topological polar surface area (TPSA) is 95.1 Å². The van der Waals surface area contributed by atoms with Crippen molar-refractivity contribution in [1.29, 1.82) is 0 Å². The zero-order valence-corrected chi connectivity index (χ0v) is 21.8. The van der Waals surface area contributed by atoms with Crippen molar-refractivity contribution in [2.24, 2.45) is 0 Å². The van der Waals surface area contributed by atoms with Gasteiger partial charge < -0.3 is 29.6 Å². The van der Waals surface area contributed by atoms with Gasteiger partial charge in [-0.1, -0.05) is 18.2 Å². The van der Waals surface area contributed by atoms with E-state index in [1.54, 1.807) is 40.6 Å².